The number of carbonyl (C=O) groups is 4. The predicted molar refractivity (Wildman–Crippen MR) is 156 cm³/mol. The molecule has 0 aliphatic carbocycles. The highest BCUT2D eigenvalue weighted by Gasteiger charge is 2.25. The molecule has 3 N–H and O–H groups in total. The topological polar surface area (TPSA) is 128 Å². The number of benzene rings is 3. The van der Waals surface area contributed by atoms with Gasteiger partial charge in [-0.25, -0.2) is 4.79 Å². The number of para-hydroxylation sites is 1. The Hall–Kier alpha value is -4.86. The van der Waals surface area contributed by atoms with Crippen molar-refractivity contribution in [3.63, 3.8) is 0 Å². The van der Waals surface area contributed by atoms with Gasteiger partial charge in [0.25, 0.3) is 0 Å². The van der Waals surface area contributed by atoms with Gasteiger partial charge in [0, 0.05) is 38.3 Å². The highest BCUT2D eigenvalue weighted by Crippen LogP contribution is 2.31. The van der Waals surface area contributed by atoms with Crippen molar-refractivity contribution in [1.82, 2.24) is 5.32 Å². The van der Waals surface area contributed by atoms with Crippen molar-refractivity contribution < 1.29 is 29.0 Å². The lowest BCUT2D eigenvalue weighted by Crippen LogP contribution is -2.33. The van der Waals surface area contributed by atoms with Gasteiger partial charge in [-0.05, 0) is 59.9 Å². The Kier molecular flexibility index (Phi) is 9.23. The number of amides is 4. The second-order valence-corrected chi connectivity index (χ2v) is 9.91. The van der Waals surface area contributed by atoms with Crippen LogP contribution < -0.4 is 25.2 Å². The van der Waals surface area contributed by atoms with Gasteiger partial charge in [-0.2, -0.15) is 0 Å². The van der Waals surface area contributed by atoms with E-state index >= 15 is 0 Å². The largest absolute Gasteiger partial charge is 0.495 e. The van der Waals surface area contributed by atoms with E-state index in [2.05, 4.69) is 10.6 Å². The molecule has 0 saturated carbocycles. The lowest BCUT2D eigenvalue weighted by Gasteiger charge is -2.22. The fraction of sp³-hybridized carbons (Fsp3) is 0.290. The third-order valence-corrected chi connectivity index (χ3v) is 7.05. The molecule has 4 amide bonds. The molecule has 0 spiro atoms. The number of methoxy groups -OCH3 is 1. The molecule has 1 aliphatic heterocycles. The fourth-order valence-electron chi connectivity index (χ4n) is 4.90. The third-order valence-electron chi connectivity index (χ3n) is 7.05. The molecule has 3 aromatic carbocycles. The Morgan fingerprint density at radius 1 is 1.05 bits per heavy atom. The third kappa shape index (κ3) is 7.21. The van der Waals surface area contributed by atoms with Gasteiger partial charge < -0.3 is 25.4 Å². The molecular weight excluding hydrogens is 524 g/mol. The van der Waals surface area contributed by atoms with Crippen LogP contribution in [-0.2, 0) is 27.2 Å². The number of nitrogens with zero attached hydrogens (tertiary/aromatic N) is 2. The lowest BCUT2D eigenvalue weighted by atomic mass is 10.0. The maximum absolute atomic E-state index is 13.2. The summed E-state index contributed by atoms with van der Waals surface area (Å²) in [5, 5.41) is 14.8. The Morgan fingerprint density at radius 3 is 2.56 bits per heavy atom. The van der Waals surface area contributed by atoms with Gasteiger partial charge in [0.15, 0.2) is 0 Å². The summed E-state index contributed by atoms with van der Waals surface area (Å²) in [4.78, 5) is 52.2. The Labute approximate surface area is 238 Å². The summed E-state index contributed by atoms with van der Waals surface area (Å²) >= 11 is 0. The van der Waals surface area contributed by atoms with Crippen molar-refractivity contribution in [3.8, 4) is 5.75 Å². The minimum Gasteiger partial charge on any atom is -0.495 e. The van der Waals surface area contributed by atoms with Gasteiger partial charge >= 0.3 is 12.0 Å². The molecule has 0 aromatic heterocycles. The van der Waals surface area contributed by atoms with Crippen LogP contribution in [0.1, 0.15) is 42.5 Å². The Bertz CT molecular complexity index is 1460. The van der Waals surface area contributed by atoms with Gasteiger partial charge in [0.2, 0.25) is 11.8 Å². The number of carboxylic acids is 1. The second-order valence-electron chi connectivity index (χ2n) is 9.91. The lowest BCUT2D eigenvalue weighted by molar-refractivity contribution is -0.137. The second kappa shape index (κ2) is 13.0. The molecule has 3 aromatic rings. The Morgan fingerprint density at radius 2 is 1.83 bits per heavy atom. The SMILES string of the molecule is COc1cc(CC(=O)N(C)c2cccc(C(CCC(=O)O)NC(C)=O)c2)ccc1NC(=O)N1CCc2ccccc21. The van der Waals surface area contributed by atoms with E-state index in [9.17, 15) is 19.2 Å². The first-order valence-corrected chi connectivity index (χ1v) is 13.3. The zero-order valence-corrected chi connectivity index (χ0v) is 23.3. The number of fused-ring (bicyclic) bond motifs is 1. The number of ether oxygens (including phenoxy) is 1. The van der Waals surface area contributed by atoms with Crippen LogP contribution >= 0.6 is 0 Å². The number of carboxylic acid groups (broad SMARTS) is 1. The van der Waals surface area contributed by atoms with E-state index in [0.717, 1.165) is 17.7 Å². The van der Waals surface area contributed by atoms with Gasteiger partial charge in [0.05, 0.1) is 25.3 Å². The standard InChI is InChI=1S/C31H34N4O6/c1-20(36)32-25(13-14-30(38)39)23-8-6-9-24(19-23)34(2)29(37)18-21-11-12-26(28(17-21)41-3)33-31(40)35-16-15-22-7-4-5-10-27(22)35/h4-12,17,19,25H,13-16,18H2,1-3H3,(H,32,36)(H,33,40)(H,38,39). The summed E-state index contributed by atoms with van der Waals surface area (Å²) in [5.74, 6) is -0.964. The number of aliphatic carboxylic acids is 1. The number of hydrogen-bond acceptors (Lipinski definition) is 5. The summed E-state index contributed by atoms with van der Waals surface area (Å²) in [6, 6.07) is 19.4. The zero-order valence-electron chi connectivity index (χ0n) is 23.3. The van der Waals surface area contributed by atoms with E-state index in [1.807, 2.05) is 24.3 Å². The highest BCUT2D eigenvalue weighted by atomic mass is 16.5. The molecule has 1 unspecified atom stereocenters. The van der Waals surface area contributed by atoms with Crippen LogP contribution in [0.3, 0.4) is 0 Å². The van der Waals surface area contributed by atoms with Crippen molar-refractivity contribution in [2.45, 2.75) is 38.6 Å². The van der Waals surface area contributed by atoms with E-state index in [1.54, 1.807) is 54.4 Å². The molecule has 1 aliphatic rings. The zero-order chi connectivity index (χ0) is 29.5. The van der Waals surface area contributed by atoms with Crippen LogP contribution in [0.4, 0.5) is 21.9 Å². The molecule has 10 heteroatoms. The van der Waals surface area contributed by atoms with Crippen molar-refractivity contribution in [2.75, 3.05) is 35.8 Å². The van der Waals surface area contributed by atoms with Crippen LogP contribution in [-0.4, -0.2) is 49.6 Å². The molecule has 0 radical (unpaired) electrons. The average Bonchev–Trinajstić information content (AvgIpc) is 3.40. The number of anilines is 3. The molecule has 4 rings (SSSR count). The summed E-state index contributed by atoms with van der Waals surface area (Å²) in [6.45, 7) is 1.97. The average molecular weight is 559 g/mol. The van der Waals surface area contributed by atoms with Crippen LogP contribution in [0.15, 0.2) is 66.7 Å². The van der Waals surface area contributed by atoms with Crippen molar-refractivity contribution in [1.29, 1.82) is 0 Å². The van der Waals surface area contributed by atoms with Crippen LogP contribution in [0, 0.1) is 0 Å². The first-order chi connectivity index (χ1) is 19.7. The molecule has 10 nitrogen and oxygen atoms in total. The van der Waals surface area contributed by atoms with Crippen LogP contribution in [0.5, 0.6) is 5.75 Å². The van der Waals surface area contributed by atoms with Crippen LogP contribution in [0.2, 0.25) is 0 Å². The van der Waals surface area contributed by atoms with E-state index in [0.29, 0.717) is 34.8 Å². The number of rotatable bonds is 10. The fourth-order valence-corrected chi connectivity index (χ4v) is 4.90. The first kappa shape index (κ1) is 29.1. The number of likely N-dealkylation sites (N-methyl/N-ethyl adjacent to an activating group) is 1. The van der Waals surface area contributed by atoms with Crippen LogP contribution in [0.25, 0.3) is 0 Å². The van der Waals surface area contributed by atoms with E-state index in [4.69, 9.17) is 9.84 Å². The molecule has 0 bridgehead atoms. The smallest absolute Gasteiger partial charge is 0.326 e. The molecule has 0 saturated heterocycles. The maximum atomic E-state index is 13.2. The van der Waals surface area contributed by atoms with Gasteiger partial charge in [0.1, 0.15) is 5.75 Å². The number of carbonyl (C=O) groups excluding carboxylic acids is 3. The highest BCUT2D eigenvalue weighted by molar-refractivity contribution is 6.04. The number of hydrogen-bond donors (Lipinski definition) is 3. The van der Waals surface area contributed by atoms with E-state index < -0.39 is 12.0 Å². The summed E-state index contributed by atoms with van der Waals surface area (Å²) in [5.41, 5.74) is 4.55. The summed E-state index contributed by atoms with van der Waals surface area (Å²) in [7, 11) is 3.17. The summed E-state index contributed by atoms with van der Waals surface area (Å²) < 4.78 is 5.52. The molecule has 1 atom stereocenters. The molecular formula is C31H34N4O6. The minimum atomic E-state index is -0.953. The van der Waals surface area contributed by atoms with Gasteiger partial charge in [-0.15, -0.1) is 0 Å². The van der Waals surface area contributed by atoms with Crippen molar-refractivity contribution in [2.24, 2.45) is 0 Å². The maximum Gasteiger partial charge on any atom is 0.326 e. The first-order valence-electron chi connectivity index (χ1n) is 13.3. The van der Waals surface area contributed by atoms with E-state index in [-0.39, 0.29) is 37.1 Å². The summed E-state index contributed by atoms with van der Waals surface area (Å²) in [6.07, 6.45) is 1.00. The number of urea groups is 1. The van der Waals surface area contributed by atoms with E-state index in [1.165, 1.54) is 18.9 Å². The molecule has 1 heterocycles. The minimum absolute atomic E-state index is 0.0823. The van der Waals surface area contributed by atoms with Crippen molar-refractivity contribution in [3.05, 3.63) is 83.4 Å². The van der Waals surface area contributed by atoms with Gasteiger partial charge in [-0.3, -0.25) is 19.3 Å². The van der Waals surface area contributed by atoms with Gasteiger partial charge in [-0.1, -0.05) is 36.4 Å². The Balaban J connectivity index is 1.44. The monoisotopic (exact) mass is 558 g/mol. The quantitative estimate of drug-likeness (QED) is 0.335. The molecule has 214 valence electrons. The molecule has 0 fully saturated rings. The predicted octanol–water partition coefficient (Wildman–Crippen LogP) is 4.54. The normalized spacial score (nSPS) is 12.7. The number of nitrogens with one attached hydrogen (secondary N) is 2. The van der Waals surface area contributed by atoms with Crippen molar-refractivity contribution >= 4 is 40.9 Å². The molecule has 41 heavy (non-hydrogen) atoms.